The van der Waals surface area contributed by atoms with Gasteiger partial charge in [-0.2, -0.15) is 0 Å². The molecule has 1 fully saturated rings. The van der Waals surface area contributed by atoms with Crippen LogP contribution in [0, 0.1) is 6.92 Å². The highest BCUT2D eigenvalue weighted by Crippen LogP contribution is 2.32. The summed E-state index contributed by atoms with van der Waals surface area (Å²) in [6, 6.07) is 5.80. The van der Waals surface area contributed by atoms with Crippen LogP contribution in [0.2, 0.25) is 0 Å². The fourth-order valence-electron chi connectivity index (χ4n) is 3.66. The van der Waals surface area contributed by atoms with Gasteiger partial charge in [-0.3, -0.25) is 0 Å². The number of aryl methyl sites for hydroxylation is 1. The number of fused-ring (bicyclic) bond motifs is 1. The highest BCUT2D eigenvalue weighted by atomic mass is 19.3. The van der Waals surface area contributed by atoms with E-state index in [4.69, 9.17) is 9.15 Å². The summed E-state index contributed by atoms with van der Waals surface area (Å²) in [5.74, 6) is -2.05. The molecule has 144 valence electrons. The lowest BCUT2D eigenvalue weighted by Gasteiger charge is -2.43. The highest BCUT2D eigenvalue weighted by Gasteiger charge is 2.46. The molecule has 1 aromatic carbocycles. The second-order valence-corrected chi connectivity index (χ2v) is 7.00. The van der Waals surface area contributed by atoms with Gasteiger partial charge in [-0.05, 0) is 50.2 Å². The third-order valence-electron chi connectivity index (χ3n) is 4.97. The molecule has 27 heavy (non-hydrogen) atoms. The number of allylic oxidation sites excluding steroid dienone is 2. The lowest BCUT2D eigenvalue weighted by molar-refractivity contribution is -0.0918. The van der Waals surface area contributed by atoms with Crippen LogP contribution in [0.4, 0.5) is 13.2 Å². The van der Waals surface area contributed by atoms with Gasteiger partial charge in [0.25, 0.3) is 5.92 Å². The fourth-order valence-corrected chi connectivity index (χ4v) is 3.66. The molecule has 4 rings (SSSR count). The highest BCUT2D eigenvalue weighted by molar-refractivity contribution is 5.79. The van der Waals surface area contributed by atoms with Crippen molar-refractivity contribution in [3.05, 3.63) is 54.2 Å². The van der Waals surface area contributed by atoms with E-state index in [1.54, 1.807) is 12.1 Å². The molecular formula is C20H21F3N2O2. The number of benzene rings is 1. The maximum absolute atomic E-state index is 14.4. The number of ether oxygens (including phenoxy) is 1. The zero-order valence-corrected chi connectivity index (χ0v) is 14.9. The minimum atomic E-state index is -2.94. The van der Waals surface area contributed by atoms with Gasteiger partial charge in [-0.15, -0.1) is 0 Å². The number of hydrogen-bond donors (Lipinski definition) is 1. The van der Waals surface area contributed by atoms with Gasteiger partial charge in [-0.1, -0.05) is 6.08 Å². The summed E-state index contributed by atoms with van der Waals surface area (Å²) in [7, 11) is 0. The smallest absolute Gasteiger partial charge is 0.280 e. The van der Waals surface area contributed by atoms with Gasteiger partial charge in [0.15, 0.2) is 0 Å². The first-order chi connectivity index (χ1) is 12.9. The van der Waals surface area contributed by atoms with Gasteiger partial charge in [0.1, 0.15) is 29.5 Å². The Hall–Kier alpha value is -2.41. The quantitative estimate of drug-likeness (QED) is 0.867. The average Bonchev–Trinajstić information content (AvgIpc) is 2.99. The minimum Gasteiger partial charge on any atom is -0.491 e. The largest absolute Gasteiger partial charge is 0.491 e. The number of nitrogens with zero attached hydrogens (tertiary/aromatic N) is 1. The molecule has 2 atom stereocenters. The Balaban J connectivity index is 1.51. The van der Waals surface area contributed by atoms with Crippen molar-refractivity contribution in [3.63, 3.8) is 0 Å². The summed E-state index contributed by atoms with van der Waals surface area (Å²) < 4.78 is 53.9. The fraction of sp³-hybridized carbons (Fsp3) is 0.400. The van der Waals surface area contributed by atoms with Gasteiger partial charge in [0.05, 0.1) is 18.6 Å². The maximum atomic E-state index is 14.4. The number of nitrogens with one attached hydrogen (secondary N) is 1. The van der Waals surface area contributed by atoms with Crippen LogP contribution < -0.4 is 10.1 Å². The summed E-state index contributed by atoms with van der Waals surface area (Å²) >= 11 is 0. The molecule has 1 aromatic heterocycles. The molecule has 0 bridgehead atoms. The van der Waals surface area contributed by atoms with Gasteiger partial charge in [0, 0.05) is 11.6 Å². The molecule has 3 heterocycles. The number of piperidine rings is 1. The third-order valence-corrected chi connectivity index (χ3v) is 4.97. The molecule has 2 unspecified atom stereocenters. The molecule has 0 amide bonds. The molecule has 1 N–H and O–H groups in total. The predicted octanol–water partition coefficient (Wildman–Crippen LogP) is 4.17. The Kier molecular flexibility index (Phi) is 4.63. The molecule has 2 aliphatic rings. The van der Waals surface area contributed by atoms with Crippen molar-refractivity contribution in [3.8, 4) is 5.75 Å². The first-order valence-corrected chi connectivity index (χ1v) is 8.97. The van der Waals surface area contributed by atoms with Crippen molar-refractivity contribution in [1.29, 1.82) is 0 Å². The lowest BCUT2D eigenvalue weighted by atomic mass is 9.98. The van der Waals surface area contributed by atoms with Crippen LogP contribution in [0.15, 0.2) is 52.9 Å². The molecule has 2 aliphatic heterocycles. The standard InChI is InChI=1S/C20H21F3N2O2/c1-13-8-14-9-17(4-5-18(14)27-13)26-11-16-3-2-15(21)10-25(16)19-6-7-24-12-20(19,22)23/h2-5,8-10,16,19,24H,6-7,11-12H2,1H3. The van der Waals surface area contributed by atoms with E-state index >= 15 is 0 Å². The first-order valence-electron chi connectivity index (χ1n) is 8.97. The van der Waals surface area contributed by atoms with E-state index in [-0.39, 0.29) is 13.0 Å². The Morgan fingerprint density at radius 3 is 3.00 bits per heavy atom. The normalized spacial score (nSPS) is 24.9. The monoisotopic (exact) mass is 378 g/mol. The van der Waals surface area contributed by atoms with E-state index in [1.807, 2.05) is 25.1 Å². The minimum absolute atomic E-state index is 0.141. The second kappa shape index (κ2) is 6.96. The lowest BCUT2D eigenvalue weighted by Crippen LogP contribution is -2.59. The molecule has 7 heteroatoms. The van der Waals surface area contributed by atoms with Crippen LogP contribution in [0.1, 0.15) is 12.2 Å². The Morgan fingerprint density at radius 2 is 2.19 bits per heavy atom. The SMILES string of the molecule is Cc1cc2cc(OCC3C=CC(F)=CN3C3CCNCC3(F)F)ccc2o1. The van der Waals surface area contributed by atoms with Crippen LogP contribution in [0.25, 0.3) is 11.0 Å². The van der Waals surface area contributed by atoms with Crippen LogP contribution >= 0.6 is 0 Å². The zero-order chi connectivity index (χ0) is 19.0. The molecule has 1 saturated heterocycles. The van der Waals surface area contributed by atoms with Gasteiger partial charge in [-0.25, -0.2) is 13.2 Å². The van der Waals surface area contributed by atoms with E-state index in [1.165, 1.54) is 17.2 Å². The van der Waals surface area contributed by atoms with Crippen molar-refractivity contribution in [1.82, 2.24) is 10.2 Å². The molecule has 0 saturated carbocycles. The molecule has 0 spiro atoms. The van der Waals surface area contributed by atoms with E-state index in [0.717, 1.165) is 16.7 Å². The van der Waals surface area contributed by atoms with Crippen LogP contribution in [-0.4, -0.2) is 42.6 Å². The van der Waals surface area contributed by atoms with Crippen molar-refractivity contribution >= 4 is 11.0 Å². The molecular weight excluding hydrogens is 357 g/mol. The Morgan fingerprint density at radius 1 is 1.33 bits per heavy atom. The summed E-state index contributed by atoms with van der Waals surface area (Å²) in [6.07, 6.45) is 4.28. The average molecular weight is 378 g/mol. The van der Waals surface area contributed by atoms with E-state index in [2.05, 4.69) is 5.32 Å². The summed E-state index contributed by atoms with van der Waals surface area (Å²) in [4.78, 5) is 1.40. The topological polar surface area (TPSA) is 37.6 Å². The number of alkyl halides is 2. The number of furan rings is 1. The van der Waals surface area contributed by atoms with E-state index in [0.29, 0.717) is 12.3 Å². The maximum Gasteiger partial charge on any atom is 0.280 e. The van der Waals surface area contributed by atoms with E-state index < -0.39 is 30.4 Å². The summed E-state index contributed by atoms with van der Waals surface area (Å²) in [6.45, 7) is 2.07. The van der Waals surface area contributed by atoms with Gasteiger partial charge in [0.2, 0.25) is 0 Å². The second-order valence-electron chi connectivity index (χ2n) is 7.00. The number of hydrogen-bond acceptors (Lipinski definition) is 4. The molecule has 4 nitrogen and oxygen atoms in total. The van der Waals surface area contributed by atoms with Gasteiger partial charge < -0.3 is 19.4 Å². The van der Waals surface area contributed by atoms with Gasteiger partial charge >= 0.3 is 0 Å². The first kappa shape index (κ1) is 18.0. The van der Waals surface area contributed by atoms with Crippen molar-refractivity contribution in [2.24, 2.45) is 0 Å². The molecule has 0 radical (unpaired) electrons. The van der Waals surface area contributed by atoms with E-state index in [9.17, 15) is 13.2 Å². The number of rotatable bonds is 4. The van der Waals surface area contributed by atoms with Crippen molar-refractivity contribution in [2.75, 3.05) is 19.7 Å². The van der Waals surface area contributed by atoms with Crippen LogP contribution in [-0.2, 0) is 0 Å². The van der Waals surface area contributed by atoms with Crippen molar-refractivity contribution < 1.29 is 22.3 Å². The number of halogens is 3. The molecule has 2 aromatic rings. The Labute approximate surface area is 155 Å². The zero-order valence-electron chi connectivity index (χ0n) is 14.9. The van der Waals surface area contributed by atoms with Crippen molar-refractivity contribution in [2.45, 2.75) is 31.4 Å². The van der Waals surface area contributed by atoms with Crippen LogP contribution in [0.5, 0.6) is 5.75 Å². The predicted molar refractivity (Wildman–Crippen MR) is 96.6 cm³/mol. The van der Waals surface area contributed by atoms with Crippen LogP contribution in [0.3, 0.4) is 0 Å². The third kappa shape index (κ3) is 3.69. The molecule has 0 aliphatic carbocycles. The summed E-state index contributed by atoms with van der Waals surface area (Å²) in [5.41, 5.74) is 0.762. The summed E-state index contributed by atoms with van der Waals surface area (Å²) in [5, 5.41) is 3.61. The Bertz CT molecular complexity index is 890.